The number of aromatic hydroxyl groups is 1. The fourth-order valence-corrected chi connectivity index (χ4v) is 2.02. The molecule has 2 amide bonds. The molecule has 0 saturated heterocycles. The molecular formula is C14H15N5O5. The van der Waals surface area contributed by atoms with E-state index in [4.69, 9.17) is 10.5 Å². The van der Waals surface area contributed by atoms with Crippen molar-refractivity contribution in [3.63, 3.8) is 0 Å². The number of urea groups is 1. The lowest BCUT2D eigenvalue weighted by molar-refractivity contribution is 0.249. The minimum absolute atomic E-state index is 0.0326. The highest BCUT2D eigenvalue weighted by molar-refractivity contribution is 6.00. The molecule has 24 heavy (non-hydrogen) atoms. The molecule has 5 N–H and O–H groups in total. The van der Waals surface area contributed by atoms with Crippen molar-refractivity contribution in [2.45, 2.75) is 6.92 Å². The molecule has 0 unspecified atom stereocenters. The van der Waals surface area contributed by atoms with Gasteiger partial charge < -0.3 is 15.6 Å². The Balaban J connectivity index is 2.63. The second-order valence-electron chi connectivity index (χ2n) is 4.66. The Morgan fingerprint density at radius 1 is 1.33 bits per heavy atom. The summed E-state index contributed by atoms with van der Waals surface area (Å²) in [6, 6.07) is 5.28. The zero-order chi connectivity index (χ0) is 17.9. The van der Waals surface area contributed by atoms with E-state index in [1.165, 1.54) is 26.2 Å². The lowest BCUT2D eigenvalue weighted by Gasteiger charge is -2.11. The van der Waals surface area contributed by atoms with E-state index in [9.17, 15) is 19.5 Å². The molecule has 1 aromatic carbocycles. The average molecular weight is 333 g/mol. The third-order valence-corrected chi connectivity index (χ3v) is 3.11. The first-order valence-electron chi connectivity index (χ1n) is 6.68. The molecule has 126 valence electrons. The van der Waals surface area contributed by atoms with Crippen molar-refractivity contribution >= 4 is 11.7 Å². The normalized spacial score (nSPS) is 11.2. The summed E-state index contributed by atoms with van der Waals surface area (Å²) in [5.74, 6) is -0.0687. The molecule has 10 heteroatoms. The molecule has 0 aliphatic rings. The molecule has 0 atom stereocenters. The van der Waals surface area contributed by atoms with Crippen LogP contribution in [0.5, 0.6) is 11.6 Å². The Labute approximate surface area is 135 Å². The van der Waals surface area contributed by atoms with Gasteiger partial charge in [0.05, 0.1) is 18.5 Å². The Morgan fingerprint density at radius 3 is 2.50 bits per heavy atom. The third-order valence-electron chi connectivity index (χ3n) is 3.11. The number of ether oxygens (including phenoxy) is 1. The van der Waals surface area contributed by atoms with Crippen molar-refractivity contribution < 1.29 is 14.6 Å². The maximum absolute atomic E-state index is 12.0. The van der Waals surface area contributed by atoms with Crippen molar-refractivity contribution in [1.29, 1.82) is 0 Å². The summed E-state index contributed by atoms with van der Waals surface area (Å²) in [4.78, 5) is 36.8. The minimum atomic E-state index is -0.936. The van der Waals surface area contributed by atoms with Crippen molar-refractivity contribution in [3.05, 3.63) is 50.7 Å². The quantitative estimate of drug-likeness (QED) is 0.444. The summed E-state index contributed by atoms with van der Waals surface area (Å²) in [5.41, 5.74) is 5.14. The lowest BCUT2D eigenvalue weighted by atomic mass is 10.2. The van der Waals surface area contributed by atoms with Gasteiger partial charge in [-0.05, 0) is 31.2 Å². The molecule has 1 heterocycles. The van der Waals surface area contributed by atoms with Crippen LogP contribution in [0.25, 0.3) is 5.69 Å². The largest absolute Gasteiger partial charge is 0.497 e. The fourth-order valence-electron chi connectivity index (χ4n) is 2.02. The van der Waals surface area contributed by atoms with E-state index in [-0.39, 0.29) is 11.3 Å². The predicted octanol–water partition coefficient (Wildman–Crippen LogP) is -0.368. The monoisotopic (exact) mass is 333 g/mol. The molecule has 10 nitrogen and oxygen atoms in total. The first-order chi connectivity index (χ1) is 11.3. The van der Waals surface area contributed by atoms with Gasteiger partial charge in [-0.2, -0.15) is 5.10 Å². The van der Waals surface area contributed by atoms with E-state index in [0.717, 1.165) is 4.57 Å². The van der Waals surface area contributed by atoms with Crippen LogP contribution in [0, 0.1) is 0 Å². The van der Waals surface area contributed by atoms with Gasteiger partial charge in [-0.3, -0.25) is 9.78 Å². The summed E-state index contributed by atoms with van der Waals surface area (Å²) in [7, 11) is 1.49. The van der Waals surface area contributed by atoms with Gasteiger partial charge in [0.1, 0.15) is 11.3 Å². The maximum atomic E-state index is 12.0. The van der Waals surface area contributed by atoms with E-state index >= 15 is 0 Å². The zero-order valence-corrected chi connectivity index (χ0v) is 12.9. The van der Waals surface area contributed by atoms with Crippen LogP contribution >= 0.6 is 0 Å². The molecule has 0 bridgehead atoms. The van der Waals surface area contributed by atoms with Crippen LogP contribution in [0.15, 0.2) is 39.0 Å². The number of methoxy groups -OCH3 is 1. The SMILES string of the molecule is COc1ccc(-n2c(O)c(/C(C)=N/NC(N)=O)c(=O)[nH]c2=O)cc1. The molecule has 0 fully saturated rings. The van der Waals surface area contributed by atoms with Crippen LogP contribution in [0.2, 0.25) is 0 Å². The van der Waals surface area contributed by atoms with E-state index < -0.39 is 23.2 Å². The Hall–Kier alpha value is -3.56. The lowest BCUT2D eigenvalue weighted by Crippen LogP contribution is -2.33. The van der Waals surface area contributed by atoms with E-state index in [2.05, 4.69) is 10.1 Å². The Bertz CT molecular complexity index is 911. The molecule has 0 spiro atoms. The van der Waals surface area contributed by atoms with Gasteiger partial charge in [0.2, 0.25) is 5.88 Å². The van der Waals surface area contributed by atoms with Gasteiger partial charge in [-0.15, -0.1) is 0 Å². The smallest absolute Gasteiger partial charge is 0.335 e. The average Bonchev–Trinajstić information content (AvgIpc) is 2.53. The van der Waals surface area contributed by atoms with Crippen molar-refractivity contribution in [3.8, 4) is 17.3 Å². The number of aromatic nitrogens is 2. The summed E-state index contributed by atoms with van der Waals surface area (Å²) in [6.07, 6.45) is 0. The number of nitrogens with one attached hydrogen (secondary N) is 2. The highest BCUT2D eigenvalue weighted by Crippen LogP contribution is 2.19. The van der Waals surface area contributed by atoms with Gasteiger partial charge in [-0.1, -0.05) is 0 Å². The molecule has 0 saturated carbocycles. The van der Waals surface area contributed by atoms with Crippen molar-refractivity contribution in [1.82, 2.24) is 15.0 Å². The molecule has 0 aliphatic heterocycles. The van der Waals surface area contributed by atoms with E-state index in [0.29, 0.717) is 11.4 Å². The predicted molar refractivity (Wildman–Crippen MR) is 85.8 cm³/mol. The summed E-state index contributed by atoms with van der Waals surface area (Å²) in [6.45, 7) is 1.36. The number of amides is 2. The van der Waals surface area contributed by atoms with Crippen LogP contribution in [0.1, 0.15) is 12.5 Å². The summed E-state index contributed by atoms with van der Waals surface area (Å²) < 4.78 is 5.91. The zero-order valence-electron chi connectivity index (χ0n) is 12.9. The summed E-state index contributed by atoms with van der Waals surface area (Å²) >= 11 is 0. The number of nitrogens with two attached hydrogens (primary N) is 1. The molecule has 0 radical (unpaired) electrons. The number of primary amides is 1. The van der Waals surface area contributed by atoms with Crippen molar-refractivity contribution in [2.75, 3.05) is 7.11 Å². The second-order valence-corrected chi connectivity index (χ2v) is 4.66. The number of hydrogen-bond acceptors (Lipinski definition) is 6. The van der Waals surface area contributed by atoms with Gasteiger partial charge >= 0.3 is 11.7 Å². The highest BCUT2D eigenvalue weighted by atomic mass is 16.5. The number of hydrogen-bond donors (Lipinski definition) is 4. The maximum Gasteiger partial charge on any atom is 0.335 e. The van der Waals surface area contributed by atoms with Gasteiger partial charge in [0.25, 0.3) is 5.56 Å². The number of carbonyl (C=O) groups excluding carboxylic acids is 1. The van der Waals surface area contributed by atoms with E-state index in [1.807, 2.05) is 5.43 Å². The number of hydrazone groups is 1. The van der Waals surface area contributed by atoms with Crippen LogP contribution in [-0.4, -0.2) is 33.5 Å². The molecule has 0 aliphatic carbocycles. The minimum Gasteiger partial charge on any atom is -0.497 e. The second kappa shape index (κ2) is 6.69. The number of H-pyrrole nitrogens is 1. The number of nitrogens with zero attached hydrogens (tertiary/aromatic N) is 2. The third kappa shape index (κ3) is 3.27. The van der Waals surface area contributed by atoms with E-state index in [1.54, 1.807) is 12.1 Å². The van der Waals surface area contributed by atoms with Crippen LogP contribution in [0.3, 0.4) is 0 Å². The first-order valence-corrected chi connectivity index (χ1v) is 6.68. The standard InChI is InChI=1S/C14H15N5O5/c1-7(17-18-13(15)22)10-11(20)16-14(23)19(12(10)21)8-3-5-9(24-2)6-4-8/h3-6,21H,1-2H3,(H3,15,18,22)(H,16,20,23)/b17-7+. The van der Waals surface area contributed by atoms with Crippen LogP contribution < -0.4 is 27.1 Å². The Morgan fingerprint density at radius 2 is 1.96 bits per heavy atom. The molecule has 2 rings (SSSR count). The van der Waals surface area contributed by atoms with Crippen LogP contribution in [0.4, 0.5) is 4.79 Å². The molecule has 2 aromatic rings. The van der Waals surface area contributed by atoms with Crippen LogP contribution in [-0.2, 0) is 0 Å². The first kappa shape index (κ1) is 16.8. The highest BCUT2D eigenvalue weighted by Gasteiger charge is 2.18. The van der Waals surface area contributed by atoms with Gasteiger partial charge in [0.15, 0.2) is 0 Å². The summed E-state index contributed by atoms with van der Waals surface area (Å²) in [5, 5.41) is 13.9. The van der Waals surface area contributed by atoms with Crippen molar-refractivity contribution in [2.24, 2.45) is 10.8 Å². The molecule has 1 aromatic heterocycles. The number of aromatic amines is 1. The topological polar surface area (TPSA) is 152 Å². The van der Waals surface area contributed by atoms with Gasteiger partial charge in [0, 0.05) is 0 Å². The fraction of sp³-hybridized carbons (Fsp3) is 0.143. The molecular weight excluding hydrogens is 318 g/mol. The number of benzene rings is 1. The Kier molecular flexibility index (Phi) is 4.68. The number of rotatable bonds is 4. The van der Waals surface area contributed by atoms with Gasteiger partial charge in [-0.25, -0.2) is 19.6 Å². The number of carbonyl (C=O) groups is 1.